The highest BCUT2D eigenvalue weighted by Gasteiger charge is 2.15. The van der Waals surface area contributed by atoms with E-state index in [4.69, 9.17) is 5.14 Å². The number of anilines is 1. The van der Waals surface area contributed by atoms with Gasteiger partial charge in [-0.15, -0.1) is 0 Å². The molecule has 0 saturated carbocycles. The van der Waals surface area contributed by atoms with Crippen molar-refractivity contribution in [2.24, 2.45) is 5.14 Å². The number of rotatable bonds is 5. The molecule has 2 aromatic carbocycles. The van der Waals surface area contributed by atoms with Crippen LogP contribution in [0.5, 0.6) is 0 Å². The van der Waals surface area contributed by atoms with E-state index in [1.807, 2.05) is 62.6 Å². The van der Waals surface area contributed by atoms with Gasteiger partial charge in [0.25, 0.3) is 5.91 Å². The molecule has 8 heteroatoms. The summed E-state index contributed by atoms with van der Waals surface area (Å²) >= 11 is 0. The zero-order valence-corrected chi connectivity index (χ0v) is 19.1. The Kier molecular flexibility index (Phi) is 6.35. The van der Waals surface area contributed by atoms with Crippen LogP contribution < -0.4 is 10.5 Å². The monoisotopic (exact) mass is 448 g/mol. The van der Waals surface area contributed by atoms with Crippen LogP contribution in [0.25, 0.3) is 11.8 Å². The standard InChI is InChI=1S/C24H24N4O3S/c1-15-5-10-23(16(2)11-15)27-24(29)20(14-25)13-19-12-17(3)28(18(19)4)21-6-8-22(9-7-21)32(26,30)31/h5-13H,1-4H3,(H,27,29)(H2,26,30,31)/b20-13+. The molecule has 0 aliphatic rings. The molecule has 3 aromatic rings. The van der Waals surface area contributed by atoms with Gasteiger partial charge in [0, 0.05) is 22.8 Å². The van der Waals surface area contributed by atoms with Crippen molar-refractivity contribution in [1.82, 2.24) is 4.57 Å². The van der Waals surface area contributed by atoms with Crippen LogP contribution in [0, 0.1) is 39.0 Å². The molecule has 0 spiro atoms. The van der Waals surface area contributed by atoms with E-state index in [0.29, 0.717) is 11.3 Å². The summed E-state index contributed by atoms with van der Waals surface area (Å²) in [5, 5.41) is 17.6. The summed E-state index contributed by atoms with van der Waals surface area (Å²) in [7, 11) is -3.78. The topological polar surface area (TPSA) is 118 Å². The van der Waals surface area contributed by atoms with Crippen LogP contribution in [0.3, 0.4) is 0 Å². The Labute approximate surface area is 187 Å². The Bertz CT molecular complexity index is 1380. The minimum atomic E-state index is -3.78. The highest BCUT2D eigenvalue weighted by molar-refractivity contribution is 7.89. The van der Waals surface area contributed by atoms with Crippen molar-refractivity contribution in [3.8, 4) is 11.8 Å². The molecular weight excluding hydrogens is 424 g/mol. The Morgan fingerprint density at radius 1 is 1.06 bits per heavy atom. The summed E-state index contributed by atoms with van der Waals surface area (Å²) in [6.07, 6.45) is 1.55. The average Bonchev–Trinajstić information content (AvgIpc) is 3.00. The quantitative estimate of drug-likeness (QED) is 0.454. The fraction of sp³-hybridized carbons (Fsp3) is 0.167. The minimum absolute atomic E-state index is 0.0187. The molecular formula is C24H24N4O3S. The van der Waals surface area contributed by atoms with E-state index < -0.39 is 15.9 Å². The summed E-state index contributed by atoms with van der Waals surface area (Å²) in [4.78, 5) is 12.7. The molecule has 3 N–H and O–H groups in total. The Morgan fingerprint density at radius 3 is 2.28 bits per heavy atom. The molecule has 0 unspecified atom stereocenters. The number of sulfonamides is 1. The lowest BCUT2D eigenvalue weighted by Gasteiger charge is -2.10. The van der Waals surface area contributed by atoms with Crippen molar-refractivity contribution in [2.75, 3.05) is 5.32 Å². The predicted molar refractivity (Wildman–Crippen MR) is 125 cm³/mol. The SMILES string of the molecule is Cc1ccc(NC(=O)/C(C#N)=C/c2cc(C)n(-c3ccc(S(N)(=O)=O)cc3)c2C)c(C)c1. The van der Waals surface area contributed by atoms with Crippen LogP contribution in [0.1, 0.15) is 28.1 Å². The van der Waals surface area contributed by atoms with Crippen molar-refractivity contribution in [2.45, 2.75) is 32.6 Å². The lowest BCUT2D eigenvalue weighted by atomic mass is 10.1. The maximum atomic E-state index is 12.7. The third-order valence-electron chi connectivity index (χ3n) is 5.19. The van der Waals surface area contributed by atoms with Crippen molar-refractivity contribution < 1.29 is 13.2 Å². The Balaban J connectivity index is 1.94. The third-order valence-corrected chi connectivity index (χ3v) is 6.12. The number of hydrogen-bond acceptors (Lipinski definition) is 4. The molecule has 3 rings (SSSR count). The van der Waals surface area contributed by atoms with Crippen LogP contribution >= 0.6 is 0 Å². The molecule has 164 valence electrons. The Morgan fingerprint density at radius 2 is 1.72 bits per heavy atom. The molecule has 7 nitrogen and oxygen atoms in total. The first kappa shape index (κ1) is 23.0. The molecule has 32 heavy (non-hydrogen) atoms. The molecule has 1 heterocycles. The van der Waals surface area contributed by atoms with Crippen LogP contribution in [0.4, 0.5) is 5.69 Å². The van der Waals surface area contributed by atoms with Crippen molar-refractivity contribution in [1.29, 1.82) is 5.26 Å². The van der Waals surface area contributed by atoms with Gasteiger partial charge in [-0.25, -0.2) is 13.6 Å². The maximum absolute atomic E-state index is 12.7. The molecule has 0 aliphatic carbocycles. The lowest BCUT2D eigenvalue weighted by Crippen LogP contribution is -2.14. The van der Waals surface area contributed by atoms with Gasteiger partial charge in [0.2, 0.25) is 10.0 Å². The van der Waals surface area contributed by atoms with Crippen LogP contribution in [-0.4, -0.2) is 18.9 Å². The molecule has 1 amide bonds. The van der Waals surface area contributed by atoms with Gasteiger partial charge in [-0.2, -0.15) is 5.26 Å². The fourth-order valence-electron chi connectivity index (χ4n) is 3.56. The normalized spacial score (nSPS) is 11.8. The zero-order chi connectivity index (χ0) is 23.6. The summed E-state index contributed by atoms with van der Waals surface area (Å²) in [5.41, 5.74) is 5.76. The van der Waals surface area contributed by atoms with Gasteiger partial charge in [0.1, 0.15) is 11.6 Å². The molecule has 0 bridgehead atoms. The number of hydrogen-bond donors (Lipinski definition) is 2. The summed E-state index contributed by atoms with van der Waals surface area (Å²) in [5.74, 6) is -0.484. The van der Waals surface area contributed by atoms with Gasteiger partial charge in [0.15, 0.2) is 0 Å². The van der Waals surface area contributed by atoms with E-state index in [1.54, 1.807) is 18.2 Å². The summed E-state index contributed by atoms with van der Waals surface area (Å²) < 4.78 is 24.9. The minimum Gasteiger partial charge on any atom is -0.321 e. The predicted octanol–water partition coefficient (Wildman–Crippen LogP) is 3.90. The van der Waals surface area contributed by atoms with E-state index >= 15 is 0 Å². The molecule has 0 aliphatic heterocycles. The molecule has 1 aromatic heterocycles. The molecule has 0 radical (unpaired) electrons. The smallest absolute Gasteiger partial charge is 0.266 e. The van der Waals surface area contributed by atoms with E-state index in [2.05, 4.69) is 5.32 Å². The summed E-state index contributed by atoms with van der Waals surface area (Å²) in [6.45, 7) is 7.62. The number of aryl methyl sites for hydroxylation is 3. The summed E-state index contributed by atoms with van der Waals surface area (Å²) in [6, 6.07) is 15.7. The fourth-order valence-corrected chi connectivity index (χ4v) is 4.08. The highest BCUT2D eigenvalue weighted by Crippen LogP contribution is 2.24. The molecule has 0 fully saturated rings. The van der Waals surface area contributed by atoms with Crippen LogP contribution in [0.15, 0.2) is 59.0 Å². The number of primary sulfonamides is 1. The van der Waals surface area contributed by atoms with Gasteiger partial charge in [-0.3, -0.25) is 4.79 Å². The first-order valence-electron chi connectivity index (χ1n) is 9.84. The first-order chi connectivity index (χ1) is 15.0. The average molecular weight is 449 g/mol. The van der Waals surface area contributed by atoms with Gasteiger partial charge in [-0.1, -0.05) is 17.7 Å². The van der Waals surface area contributed by atoms with Gasteiger partial charge in [0.05, 0.1) is 4.90 Å². The maximum Gasteiger partial charge on any atom is 0.266 e. The second-order valence-electron chi connectivity index (χ2n) is 7.64. The second kappa shape index (κ2) is 8.83. The number of nitriles is 1. The number of amides is 1. The number of nitrogens with one attached hydrogen (secondary N) is 1. The lowest BCUT2D eigenvalue weighted by molar-refractivity contribution is -0.112. The Hall–Kier alpha value is -3.67. The van der Waals surface area contributed by atoms with Crippen molar-refractivity contribution in [3.63, 3.8) is 0 Å². The van der Waals surface area contributed by atoms with E-state index in [-0.39, 0.29) is 10.5 Å². The number of nitrogens with two attached hydrogens (primary N) is 1. The van der Waals surface area contributed by atoms with Crippen molar-refractivity contribution in [3.05, 3.63) is 82.2 Å². The van der Waals surface area contributed by atoms with Crippen LogP contribution in [0.2, 0.25) is 0 Å². The third kappa shape index (κ3) is 4.80. The zero-order valence-electron chi connectivity index (χ0n) is 18.3. The van der Waals surface area contributed by atoms with E-state index in [0.717, 1.165) is 28.2 Å². The van der Waals surface area contributed by atoms with Gasteiger partial charge in [-0.05, 0) is 81.3 Å². The second-order valence-corrected chi connectivity index (χ2v) is 9.20. The van der Waals surface area contributed by atoms with Crippen LogP contribution in [-0.2, 0) is 14.8 Å². The van der Waals surface area contributed by atoms with Gasteiger partial charge < -0.3 is 9.88 Å². The van der Waals surface area contributed by atoms with Crippen molar-refractivity contribution >= 4 is 27.7 Å². The van der Waals surface area contributed by atoms with E-state index in [1.165, 1.54) is 12.1 Å². The largest absolute Gasteiger partial charge is 0.321 e. The molecule has 0 saturated heterocycles. The highest BCUT2D eigenvalue weighted by atomic mass is 32.2. The first-order valence-corrected chi connectivity index (χ1v) is 11.4. The molecule has 0 atom stereocenters. The van der Waals surface area contributed by atoms with Gasteiger partial charge >= 0.3 is 0 Å². The number of benzene rings is 2. The number of aromatic nitrogens is 1. The number of carbonyl (C=O) groups is 1. The van der Waals surface area contributed by atoms with E-state index in [9.17, 15) is 18.5 Å². The number of nitrogens with zero attached hydrogens (tertiary/aromatic N) is 2. The number of carbonyl (C=O) groups excluding carboxylic acids is 1.